The number of hydrogen-bond acceptors (Lipinski definition) is 6. The Morgan fingerprint density at radius 2 is 1.79 bits per heavy atom. The van der Waals surface area contributed by atoms with Gasteiger partial charge in [0.05, 0.1) is 14.2 Å². The fourth-order valence-electron chi connectivity index (χ4n) is 3.11. The van der Waals surface area contributed by atoms with Gasteiger partial charge in [0.2, 0.25) is 0 Å². The van der Waals surface area contributed by atoms with Crippen LogP contribution in [0.15, 0.2) is 42.7 Å². The molecule has 1 aromatic carbocycles. The van der Waals surface area contributed by atoms with Crippen LogP contribution in [0.5, 0.6) is 11.5 Å². The van der Waals surface area contributed by atoms with Crippen LogP contribution >= 0.6 is 0 Å². The van der Waals surface area contributed by atoms with E-state index in [1.165, 1.54) is 0 Å². The van der Waals surface area contributed by atoms with Gasteiger partial charge in [-0.15, -0.1) is 0 Å². The SMILES string of the molecule is COc1cc(CNc2cc(C)nc3cc(-c4nccn4C)nn23)cc(OC)c1. The van der Waals surface area contributed by atoms with Gasteiger partial charge in [-0.1, -0.05) is 0 Å². The number of nitrogens with zero attached hydrogens (tertiary/aromatic N) is 5. The summed E-state index contributed by atoms with van der Waals surface area (Å²) < 4.78 is 14.4. The average molecular weight is 378 g/mol. The topological polar surface area (TPSA) is 78.5 Å². The van der Waals surface area contributed by atoms with E-state index in [0.717, 1.165) is 45.7 Å². The van der Waals surface area contributed by atoms with Crippen LogP contribution in [0.3, 0.4) is 0 Å². The van der Waals surface area contributed by atoms with Gasteiger partial charge in [0.1, 0.15) is 23.0 Å². The van der Waals surface area contributed by atoms with Crippen molar-refractivity contribution in [1.29, 1.82) is 0 Å². The molecule has 0 atom stereocenters. The summed E-state index contributed by atoms with van der Waals surface area (Å²) >= 11 is 0. The lowest BCUT2D eigenvalue weighted by molar-refractivity contribution is 0.393. The number of hydrogen-bond donors (Lipinski definition) is 1. The minimum Gasteiger partial charge on any atom is -0.497 e. The van der Waals surface area contributed by atoms with Crippen molar-refractivity contribution >= 4 is 11.5 Å². The molecular weight excluding hydrogens is 356 g/mol. The molecule has 144 valence electrons. The van der Waals surface area contributed by atoms with Crippen molar-refractivity contribution in [3.8, 4) is 23.0 Å². The molecule has 0 fully saturated rings. The Labute approximate surface area is 162 Å². The lowest BCUT2D eigenvalue weighted by Gasteiger charge is -2.11. The number of methoxy groups -OCH3 is 2. The van der Waals surface area contributed by atoms with E-state index in [-0.39, 0.29) is 0 Å². The molecule has 3 heterocycles. The molecule has 4 aromatic rings. The minimum atomic E-state index is 0.587. The van der Waals surface area contributed by atoms with Crippen molar-refractivity contribution < 1.29 is 9.47 Å². The second-order valence-corrected chi connectivity index (χ2v) is 6.52. The predicted octanol–water partition coefficient (Wildman–Crippen LogP) is 3.07. The van der Waals surface area contributed by atoms with E-state index >= 15 is 0 Å². The number of fused-ring (bicyclic) bond motifs is 1. The zero-order valence-corrected chi connectivity index (χ0v) is 16.3. The zero-order valence-electron chi connectivity index (χ0n) is 16.3. The first-order chi connectivity index (χ1) is 13.6. The molecule has 0 saturated carbocycles. The van der Waals surface area contributed by atoms with E-state index in [0.29, 0.717) is 6.54 Å². The van der Waals surface area contributed by atoms with Crippen LogP contribution in [-0.2, 0) is 13.6 Å². The van der Waals surface area contributed by atoms with Crippen molar-refractivity contribution in [2.45, 2.75) is 13.5 Å². The smallest absolute Gasteiger partial charge is 0.160 e. The van der Waals surface area contributed by atoms with Gasteiger partial charge < -0.3 is 19.4 Å². The van der Waals surface area contributed by atoms with Gasteiger partial charge in [0, 0.05) is 49.9 Å². The third-order valence-corrected chi connectivity index (χ3v) is 4.49. The molecule has 0 bridgehead atoms. The Balaban J connectivity index is 1.67. The van der Waals surface area contributed by atoms with Crippen molar-refractivity contribution in [2.75, 3.05) is 19.5 Å². The van der Waals surface area contributed by atoms with Gasteiger partial charge >= 0.3 is 0 Å². The van der Waals surface area contributed by atoms with Crippen LogP contribution in [0.4, 0.5) is 5.82 Å². The van der Waals surface area contributed by atoms with E-state index in [9.17, 15) is 0 Å². The number of rotatable bonds is 6. The highest BCUT2D eigenvalue weighted by Gasteiger charge is 2.13. The lowest BCUT2D eigenvalue weighted by Crippen LogP contribution is -2.07. The normalized spacial score (nSPS) is 11.0. The quantitative estimate of drug-likeness (QED) is 0.556. The Bertz CT molecular complexity index is 1110. The number of anilines is 1. The molecule has 0 unspecified atom stereocenters. The Morgan fingerprint density at radius 1 is 1.04 bits per heavy atom. The van der Waals surface area contributed by atoms with Crippen molar-refractivity contribution in [2.24, 2.45) is 7.05 Å². The number of benzene rings is 1. The molecule has 0 saturated heterocycles. The van der Waals surface area contributed by atoms with E-state index in [2.05, 4.69) is 15.3 Å². The molecule has 8 nitrogen and oxygen atoms in total. The van der Waals surface area contributed by atoms with Crippen LogP contribution in [-0.4, -0.2) is 38.4 Å². The summed E-state index contributed by atoms with van der Waals surface area (Å²) in [5, 5.41) is 8.14. The summed E-state index contributed by atoms with van der Waals surface area (Å²) in [6, 6.07) is 9.71. The Kier molecular flexibility index (Phi) is 4.60. The Morgan fingerprint density at radius 3 is 2.43 bits per heavy atom. The van der Waals surface area contributed by atoms with Crippen molar-refractivity contribution in [3.05, 3.63) is 54.0 Å². The van der Waals surface area contributed by atoms with Gasteiger partial charge in [-0.3, -0.25) is 0 Å². The first-order valence-electron chi connectivity index (χ1n) is 8.88. The van der Waals surface area contributed by atoms with Crippen LogP contribution in [0.1, 0.15) is 11.3 Å². The monoisotopic (exact) mass is 378 g/mol. The summed E-state index contributed by atoms with van der Waals surface area (Å²) in [6.45, 7) is 2.55. The highest BCUT2D eigenvalue weighted by atomic mass is 16.5. The van der Waals surface area contributed by atoms with Gasteiger partial charge in [-0.2, -0.15) is 9.61 Å². The summed E-state index contributed by atoms with van der Waals surface area (Å²) in [4.78, 5) is 8.97. The van der Waals surface area contributed by atoms with Crippen molar-refractivity contribution in [1.82, 2.24) is 24.1 Å². The minimum absolute atomic E-state index is 0.587. The first kappa shape index (κ1) is 17.8. The third-order valence-electron chi connectivity index (χ3n) is 4.49. The van der Waals surface area contributed by atoms with Gasteiger partial charge in [-0.25, -0.2) is 9.97 Å². The largest absolute Gasteiger partial charge is 0.497 e. The summed E-state index contributed by atoms with van der Waals surface area (Å²) in [6.07, 6.45) is 3.65. The number of aromatic nitrogens is 5. The molecule has 3 aromatic heterocycles. The van der Waals surface area contributed by atoms with Gasteiger partial charge in [-0.05, 0) is 24.6 Å². The molecule has 0 aliphatic heterocycles. The van der Waals surface area contributed by atoms with Gasteiger partial charge in [0.15, 0.2) is 11.5 Å². The number of aryl methyl sites for hydroxylation is 2. The maximum Gasteiger partial charge on any atom is 0.160 e. The number of ether oxygens (including phenoxy) is 2. The standard InChI is InChI=1S/C20H22N6O2/c1-13-7-18(22-12-14-8-15(27-3)10-16(9-14)28-4)26-19(23-13)11-17(24-26)20-21-5-6-25(20)2/h5-11,22H,12H2,1-4H3. The summed E-state index contributed by atoms with van der Waals surface area (Å²) in [5.74, 6) is 3.16. The van der Waals surface area contributed by atoms with E-state index in [1.54, 1.807) is 24.9 Å². The molecule has 1 N–H and O–H groups in total. The fourth-order valence-corrected chi connectivity index (χ4v) is 3.11. The Hall–Kier alpha value is -3.55. The molecule has 4 rings (SSSR count). The lowest BCUT2D eigenvalue weighted by atomic mass is 10.2. The third kappa shape index (κ3) is 3.36. The van der Waals surface area contributed by atoms with Crippen molar-refractivity contribution in [3.63, 3.8) is 0 Å². The second kappa shape index (κ2) is 7.22. The van der Waals surface area contributed by atoms with E-state index in [1.807, 2.05) is 55.1 Å². The summed E-state index contributed by atoms with van der Waals surface area (Å²) in [7, 11) is 5.23. The fraction of sp³-hybridized carbons (Fsp3) is 0.250. The molecule has 28 heavy (non-hydrogen) atoms. The molecular formula is C20H22N6O2. The molecule has 0 aliphatic carbocycles. The van der Waals surface area contributed by atoms with Crippen LogP contribution in [0, 0.1) is 6.92 Å². The average Bonchev–Trinajstić information content (AvgIpc) is 3.31. The zero-order chi connectivity index (χ0) is 19.7. The number of imidazole rings is 1. The maximum absolute atomic E-state index is 5.35. The maximum atomic E-state index is 5.35. The molecule has 0 aliphatic rings. The van der Waals surface area contributed by atoms with Crippen LogP contribution in [0.25, 0.3) is 17.2 Å². The molecule has 0 spiro atoms. The molecule has 0 amide bonds. The summed E-state index contributed by atoms with van der Waals surface area (Å²) in [5.41, 5.74) is 3.49. The van der Waals surface area contributed by atoms with E-state index in [4.69, 9.17) is 14.6 Å². The highest BCUT2D eigenvalue weighted by Crippen LogP contribution is 2.24. The van der Waals surface area contributed by atoms with Crippen LogP contribution < -0.4 is 14.8 Å². The van der Waals surface area contributed by atoms with Gasteiger partial charge in [0.25, 0.3) is 0 Å². The first-order valence-corrected chi connectivity index (χ1v) is 8.88. The highest BCUT2D eigenvalue weighted by molar-refractivity contribution is 5.61. The van der Waals surface area contributed by atoms with E-state index < -0.39 is 0 Å². The number of nitrogens with one attached hydrogen (secondary N) is 1. The second-order valence-electron chi connectivity index (χ2n) is 6.52. The molecule has 8 heteroatoms. The molecule has 0 radical (unpaired) electrons. The predicted molar refractivity (Wildman–Crippen MR) is 107 cm³/mol. The van der Waals surface area contributed by atoms with Crippen LogP contribution in [0.2, 0.25) is 0 Å².